The second kappa shape index (κ2) is 5.43. The number of aromatic amines is 1. The van der Waals surface area contributed by atoms with Crippen LogP contribution in [0.15, 0.2) is 23.1 Å². The van der Waals surface area contributed by atoms with Gasteiger partial charge in [-0.2, -0.15) is 5.10 Å². The molecule has 3 N–H and O–H groups in total. The van der Waals surface area contributed by atoms with E-state index in [-0.39, 0.29) is 16.3 Å². The molecule has 20 heavy (non-hydrogen) atoms. The van der Waals surface area contributed by atoms with Crippen LogP contribution in [0.25, 0.3) is 0 Å². The van der Waals surface area contributed by atoms with Crippen LogP contribution in [0, 0.1) is 13.8 Å². The highest BCUT2D eigenvalue weighted by atomic mass is 35.5. The zero-order valence-electron chi connectivity index (χ0n) is 10.9. The van der Waals surface area contributed by atoms with E-state index < -0.39 is 16.6 Å². The van der Waals surface area contributed by atoms with Crippen LogP contribution in [0.2, 0.25) is 5.02 Å². The Kier molecular flexibility index (Phi) is 4.03. The van der Waals surface area contributed by atoms with Gasteiger partial charge in [-0.1, -0.05) is 17.7 Å². The van der Waals surface area contributed by atoms with Crippen LogP contribution >= 0.6 is 11.6 Å². The molecule has 2 aromatic rings. The first-order valence-electron chi connectivity index (χ1n) is 5.79. The lowest BCUT2D eigenvalue weighted by Crippen LogP contribution is -2.15. The molecule has 0 aliphatic heterocycles. The van der Waals surface area contributed by atoms with Gasteiger partial charge in [0.05, 0.1) is 23.0 Å². The molecule has 1 aromatic carbocycles. The average Bonchev–Trinajstić information content (AvgIpc) is 2.75. The Hall–Kier alpha value is -1.57. The van der Waals surface area contributed by atoms with Crippen LogP contribution < -0.4 is 4.72 Å². The summed E-state index contributed by atoms with van der Waals surface area (Å²) in [6.07, 6.45) is 0. The van der Waals surface area contributed by atoms with Gasteiger partial charge in [0, 0.05) is 0 Å². The summed E-state index contributed by atoms with van der Waals surface area (Å²) in [6.45, 7) is 2.93. The molecule has 0 fully saturated rings. The summed E-state index contributed by atoms with van der Waals surface area (Å²) in [5.41, 5.74) is 1.58. The first-order chi connectivity index (χ1) is 9.35. The number of hydrogen-bond acceptors (Lipinski definition) is 4. The molecule has 0 saturated heterocycles. The maximum absolute atomic E-state index is 12.4. The van der Waals surface area contributed by atoms with Crippen molar-refractivity contribution in [3.63, 3.8) is 0 Å². The monoisotopic (exact) mass is 315 g/mol. The summed E-state index contributed by atoms with van der Waals surface area (Å²) in [5.74, 6) is 0. The molecule has 0 aliphatic rings. The van der Waals surface area contributed by atoms with Gasteiger partial charge in [-0.3, -0.25) is 9.82 Å². The standard InChI is InChI=1S/C12H14ClN3O3S/c1-7-3-4-9(13)10(5-7)16-20(18,19)12-8(2)14-15-11(12)6-17/h3-5,16-17H,6H2,1-2H3,(H,14,15). The van der Waals surface area contributed by atoms with Gasteiger partial charge in [0.2, 0.25) is 0 Å². The number of aryl methyl sites for hydroxylation is 2. The Bertz CT molecular complexity index is 740. The molecule has 1 heterocycles. The number of rotatable bonds is 4. The molecule has 0 bridgehead atoms. The molecule has 0 spiro atoms. The van der Waals surface area contributed by atoms with Crippen molar-refractivity contribution in [1.82, 2.24) is 10.2 Å². The van der Waals surface area contributed by atoms with E-state index in [2.05, 4.69) is 14.9 Å². The lowest BCUT2D eigenvalue weighted by Gasteiger charge is -2.10. The number of aliphatic hydroxyl groups excluding tert-OH is 1. The van der Waals surface area contributed by atoms with Crippen molar-refractivity contribution in [2.75, 3.05) is 4.72 Å². The van der Waals surface area contributed by atoms with Crippen molar-refractivity contribution < 1.29 is 13.5 Å². The summed E-state index contributed by atoms with van der Waals surface area (Å²) >= 11 is 5.98. The number of sulfonamides is 1. The van der Waals surface area contributed by atoms with Crippen LogP contribution in [-0.2, 0) is 16.6 Å². The lowest BCUT2D eigenvalue weighted by atomic mass is 10.2. The van der Waals surface area contributed by atoms with Gasteiger partial charge in [-0.05, 0) is 31.5 Å². The van der Waals surface area contributed by atoms with Crippen LogP contribution in [0.3, 0.4) is 0 Å². The second-order valence-electron chi connectivity index (χ2n) is 4.37. The minimum Gasteiger partial charge on any atom is -0.390 e. The summed E-state index contributed by atoms with van der Waals surface area (Å²) < 4.78 is 27.2. The van der Waals surface area contributed by atoms with Crippen molar-refractivity contribution in [2.45, 2.75) is 25.3 Å². The van der Waals surface area contributed by atoms with Crippen molar-refractivity contribution in [3.8, 4) is 0 Å². The number of anilines is 1. The fourth-order valence-corrected chi connectivity index (χ4v) is 3.50. The van der Waals surface area contributed by atoms with E-state index in [0.717, 1.165) is 5.56 Å². The quantitative estimate of drug-likeness (QED) is 0.804. The lowest BCUT2D eigenvalue weighted by molar-refractivity contribution is 0.273. The average molecular weight is 316 g/mol. The highest BCUT2D eigenvalue weighted by Crippen LogP contribution is 2.27. The number of hydrogen-bond donors (Lipinski definition) is 3. The molecule has 0 saturated carbocycles. The minimum atomic E-state index is -3.87. The van der Waals surface area contributed by atoms with E-state index in [1.165, 1.54) is 0 Å². The third kappa shape index (κ3) is 2.79. The Balaban J connectivity index is 2.46. The van der Waals surface area contributed by atoms with Crippen molar-refractivity contribution in [3.05, 3.63) is 40.2 Å². The third-order valence-electron chi connectivity index (χ3n) is 2.75. The molecule has 0 amide bonds. The van der Waals surface area contributed by atoms with Crippen molar-refractivity contribution in [2.24, 2.45) is 0 Å². The molecular formula is C12H14ClN3O3S. The van der Waals surface area contributed by atoms with Gasteiger partial charge in [-0.25, -0.2) is 8.42 Å². The van der Waals surface area contributed by atoms with E-state index in [9.17, 15) is 8.42 Å². The Morgan fingerprint density at radius 1 is 1.40 bits per heavy atom. The number of nitrogens with zero attached hydrogens (tertiary/aromatic N) is 1. The second-order valence-corrected chi connectivity index (χ2v) is 6.40. The normalized spacial score (nSPS) is 11.6. The molecule has 0 radical (unpaired) electrons. The Morgan fingerprint density at radius 3 is 2.75 bits per heavy atom. The number of aromatic nitrogens is 2. The fourth-order valence-electron chi connectivity index (χ4n) is 1.85. The topological polar surface area (TPSA) is 95.1 Å². The molecule has 8 heteroatoms. The molecule has 2 rings (SSSR count). The molecule has 0 aliphatic carbocycles. The highest BCUT2D eigenvalue weighted by molar-refractivity contribution is 7.92. The number of benzene rings is 1. The highest BCUT2D eigenvalue weighted by Gasteiger charge is 2.24. The van der Waals surface area contributed by atoms with Crippen molar-refractivity contribution >= 4 is 27.3 Å². The van der Waals surface area contributed by atoms with Gasteiger partial charge in [0.1, 0.15) is 10.6 Å². The first kappa shape index (κ1) is 14.8. The molecular weight excluding hydrogens is 302 g/mol. The van der Waals surface area contributed by atoms with E-state index in [1.54, 1.807) is 25.1 Å². The van der Waals surface area contributed by atoms with Gasteiger partial charge in [-0.15, -0.1) is 0 Å². The van der Waals surface area contributed by atoms with Crippen LogP contribution in [0.5, 0.6) is 0 Å². The first-order valence-corrected chi connectivity index (χ1v) is 7.65. The number of H-pyrrole nitrogens is 1. The fraction of sp³-hybridized carbons (Fsp3) is 0.250. The SMILES string of the molecule is Cc1ccc(Cl)c(NS(=O)(=O)c2c(CO)n[nH]c2C)c1. The van der Waals surface area contributed by atoms with E-state index in [0.29, 0.717) is 10.7 Å². The molecule has 0 atom stereocenters. The van der Waals surface area contributed by atoms with Gasteiger partial charge in [0.25, 0.3) is 10.0 Å². The van der Waals surface area contributed by atoms with E-state index in [1.807, 2.05) is 6.92 Å². The third-order valence-corrected chi connectivity index (χ3v) is 4.64. The maximum Gasteiger partial charge on any atom is 0.265 e. The molecule has 0 unspecified atom stereocenters. The Morgan fingerprint density at radius 2 is 2.10 bits per heavy atom. The molecule has 108 valence electrons. The van der Waals surface area contributed by atoms with E-state index >= 15 is 0 Å². The van der Waals surface area contributed by atoms with Gasteiger partial charge >= 0.3 is 0 Å². The van der Waals surface area contributed by atoms with Crippen LogP contribution in [0.4, 0.5) is 5.69 Å². The summed E-state index contributed by atoms with van der Waals surface area (Å²) in [6, 6.07) is 5.03. The smallest absolute Gasteiger partial charge is 0.265 e. The number of aliphatic hydroxyl groups is 1. The summed E-state index contributed by atoms with van der Waals surface area (Å²) in [7, 11) is -3.87. The summed E-state index contributed by atoms with van der Waals surface area (Å²) in [5, 5.41) is 15.8. The number of halogens is 1. The van der Waals surface area contributed by atoms with Gasteiger partial charge < -0.3 is 5.11 Å². The largest absolute Gasteiger partial charge is 0.390 e. The summed E-state index contributed by atoms with van der Waals surface area (Å²) in [4.78, 5) is -0.0578. The predicted molar refractivity (Wildman–Crippen MR) is 76.2 cm³/mol. The predicted octanol–water partition coefficient (Wildman–Crippen LogP) is 1.97. The minimum absolute atomic E-state index is 0.0578. The maximum atomic E-state index is 12.4. The zero-order valence-corrected chi connectivity index (χ0v) is 12.5. The zero-order chi connectivity index (χ0) is 14.9. The van der Waals surface area contributed by atoms with Gasteiger partial charge in [0.15, 0.2) is 0 Å². The molecule has 6 nitrogen and oxygen atoms in total. The Labute approximate surface area is 121 Å². The van der Waals surface area contributed by atoms with Crippen LogP contribution in [-0.4, -0.2) is 23.7 Å². The van der Waals surface area contributed by atoms with Crippen LogP contribution in [0.1, 0.15) is 17.0 Å². The van der Waals surface area contributed by atoms with E-state index in [4.69, 9.17) is 16.7 Å². The molecule has 1 aromatic heterocycles. The van der Waals surface area contributed by atoms with Crippen molar-refractivity contribution in [1.29, 1.82) is 0 Å². The number of nitrogens with one attached hydrogen (secondary N) is 2.